The van der Waals surface area contributed by atoms with E-state index in [1.165, 1.54) is 0 Å². The normalized spacial score (nSPS) is 12.6. The van der Waals surface area contributed by atoms with Gasteiger partial charge in [-0.3, -0.25) is 14.9 Å². The van der Waals surface area contributed by atoms with Gasteiger partial charge in [-0.05, 0) is 32.0 Å². The highest BCUT2D eigenvalue weighted by Gasteiger charge is 2.20. The maximum absolute atomic E-state index is 12.9. The van der Waals surface area contributed by atoms with E-state index in [1.54, 1.807) is 50.4 Å². The molecule has 3 rings (SSSR count). The number of methoxy groups -OCH3 is 1. The number of anilines is 1. The SMILES string of the molecule is COc1ccccc1[C@@H](C)N[C@@H](C)C(=O)Nc1ccccc1C(=O)c1ccccc1. The second-order valence-electron chi connectivity index (χ2n) is 7.08. The van der Waals surface area contributed by atoms with E-state index in [0.29, 0.717) is 16.8 Å². The number of carbonyl (C=O) groups excluding carboxylic acids is 2. The Hall–Kier alpha value is -3.44. The predicted molar refractivity (Wildman–Crippen MR) is 119 cm³/mol. The molecular weight excluding hydrogens is 376 g/mol. The van der Waals surface area contributed by atoms with Crippen LogP contribution in [-0.4, -0.2) is 24.8 Å². The fraction of sp³-hybridized carbons (Fsp3) is 0.200. The van der Waals surface area contributed by atoms with Gasteiger partial charge in [-0.15, -0.1) is 0 Å². The number of amides is 1. The number of ketones is 1. The van der Waals surface area contributed by atoms with Crippen LogP contribution in [0.25, 0.3) is 0 Å². The topological polar surface area (TPSA) is 67.4 Å². The third-order valence-electron chi connectivity index (χ3n) is 4.96. The molecule has 0 saturated carbocycles. The fourth-order valence-corrected chi connectivity index (χ4v) is 3.34. The summed E-state index contributed by atoms with van der Waals surface area (Å²) in [7, 11) is 1.63. The summed E-state index contributed by atoms with van der Waals surface area (Å²) < 4.78 is 5.41. The standard InChI is InChI=1S/C25H26N2O3/c1-17(20-13-8-10-16-23(20)30-3)26-18(2)25(29)27-22-15-9-7-14-21(22)24(28)19-11-5-4-6-12-19/h4-18,26H,1-3H3,(H,27,29)/t17-,18+/m1/s1. The smallest absolute Gasteiger partial charge is 0.241 e. The lowest BCUT2D eigenvalue weighted by Crippen LogP contribution is -2.39. The van der Waals surface area contributed by atoms with Crippen molar-refractivity contribution in [3.05, 3.63) is 95.6 Å². The Morgan fingerprint density at radius 1 is 0.833 bits per heavy atom. The van der Waals surface area contributed by atoms with Crippen LogP contribution in [0.15, 0.2) is 78.9 Å². The molecule has 0 saturated heterocycles. The Labute approximate surface area is 177 Å². The van der Waals surface area contributed by atoms with Crippen LogP contribution < -0.4 is 15.4 Å². The van der Waals surface area contributed by atoms with Crippen molar-refractivity contribution >= 4 is 17.4 Å². The fourth-order valence-electron chi connectivity index (χ4n) is 3.34. The third kappa shape index (κ3) is 4.93. The van der Waals surface area contributed by atoms with E-state index in [-0.39, 0.29) is 17.7 Å². The van der Waals surface area contributed by atoms with Gasteiger partial charge in [0.15, 0.2) is 5.78 Å². The monoisotopic (exact) mass is 402 g/mol. The second-order valence-corrected chi connectivity index (χ2v) is 7.08. The minimum atomic E-state index is -0.482. The molecule has 5 heteroatoms. The first kappa shape index (κ1) is 21.3. The molecule has 0 unspecified atom stereocenters. The van der Waals surface area contributed by atoms with Crippen molar-refractivity contribution in [3.8, 4) is 5.75 Å². The summed E-state index contributed by atoms with van der Waals surface area (Å²) >= 11 is 0. The van der Waals surface area contributed by atoms with Gasteiger partial charge in [0.25, 0.3) is 0 Å². The van der Waals surface area contributed by atoms with E-state index in [4.69, 9.17) is 4.74 Å². The Morgan fingerprint density at radius 3 is 2.20 bits per heavy atom. The Balaban J connectivity index is 1.72. The quantitative estimate of drug-likeness (QED) is 0.540. The van der Waals surface area contributed by atoms with Crippen molar-refractivity contribution < 1.29 is 14.3 Å². The van der Waals surface area contributed by atoms with Gasteiger partial charge < -0.3 is 10.1 Å². The van der Waals surface area contributed by atoms with Crippen molar-refractivity contribution in [1.29, 1.82) is 0 Å². The highest BCUT2D eigenvalue weighted by Crippen LogP contribution is 2.25. The first-order valence-corrected chi connectivity index (χ1v) is 9.90. The average Bonchev–Trinajstić information content (AvgIpc) is 2.79. The summed E-state index contributed by atoms with van der Waals surface area (Å²) in [6.07, 6.45) is 0. The number of hydrogen-bond donors (Lipinski definition) is 2. The zero-order valence-electron chi connectivity index (χ0n) is 17.4. The largest absolute Gasteiger partial charge is 0.496 e. The third-order valence-corrected chi connectivity index (χ3v) is 4.96. The van der Waals surface area contributed by atoms with Gasteiger partial charge in [-0.1, -0.05) is 60.7 Å². The van der Waals surface area contributed by atoms with Gasteiger partial charge in [-0.25, -0.2) is 0 Å². The number of carbonyl (C=O) groups is 2. The molecule has 0 bridgehead atoms. The maximum atomic E-state index is 12.9. The van der Waals surface area contributed by atoms with Crippen LogP contribution in [0, 0.1) is 0 Å². The number of benzene rings is 3. The molecule has 3 aromatic carbocycles. The van der Waals surface area contributed by atoms with Crippen molar-refractivity contribution in [1.82, 2.24) is 5.32 Å². The summed E-state index contributed by atoms with van der Waals surface area (Å²) in [6, 6.07) is 23.2. The van der Waals surface area contributed by atoms with Crippen LogP contribution in [-0.2, 0) is 4.79 Å². The Bertz CT molecular complexity index is 1020. The highest BCUT2D eigenvalue weighted by atomic mass is 16.5. The molecule has 0 aliphatic rings. The lowest BCUT2D eigenvalue weighted by Gasteiger charge is -2.22. The Morgan fingerprint density at radius 2 is 1.47 bits per heavy atom. The molecule has 5 nitrogen and oxygen atoms in total. The van der Waals surface area contributed by atoms with Gasteiger partial charge >= 0.3 is 0 Å². The molecule has 154 valence electrons. The second kappa shape index (κ2) is 9.85. The molecule has 0 spiro atoms. The van der Waals surface area contributed by atoms with Crippen LogP contribution in [0.3, 0.4) is 0 Å². The van der Waals surface area contributed by atoms with E-state index in [1.807, 2.05) is 49.4 Å². The van der Waals surface area contributed by atoms with Crippen LogP contribution in [0.1, 0.15) is 41.4 Å². The maximum Gasteiger partial charge on any atom is 0.241 e. The van der Waals surface area contributed by atoms with Gasteiger partial charge in [0.2, 0.25) is 5.91 Å². The number of ether oxygens (including phenoxy) is 1. The minimum absolute atomic E-state index is 0.0944. The molecule has 2 N–H and O–H groups in total. The lowest BCUT2D eigenvalue weighted by molar-refractivity contribution is -0.117. The average molecular weight is 402 g/mol. The first-order chi connectivity index (χ1) is 14.5. The van der Waals surface area contributed by atoms with Crippen molar-refractivity contribution in [2.75, 3.05) is 12.4 Å². The molecule has 1 amide bonds. The number of nitrogens with one attached hydrogen (secondary N) is 2. The summed E-state index contributed by atoms with van der Waals surface area (Å²) in [6.45, 7) is 3.78. The predicted octanol–water partition coefficient (Wildman–Crippen LogP) is 4.60. The van der Waals surface area contributed by atoms with Crippen LogP contribution >= 0.6 is 0 Å². The van der Waals surface area contributed by atoms with E-state index < -0.39 is 6.04 Å². The van der Waals surface area contributed by atoms with Gasteiger partial charge in [0.1, 0.15) is 5.75 Å². The van der Waals surface area contributed by atoms with Crippen molar-refractivity contribution in [3.63, 3.8) is 0 Å². The highest BCUT2D eigenvalue weighted by molar-refractivity contribution is 6.14. The molecule has 0 aromatic heterocycles. The van der Waals surface area contributed by atoms with Crippen molar-refractivity contribution in [2.24, 2.45) is 0 Å². The van der Waals surface area contributed by atoms with Gasteiger partial charge in [0, 0.05) is 22.7 Å². The van der Waals surface area contributed by atoms with Gasteiger partial charge in [-0.2, -0.15) is 0 Å². The molecular formula is C25H26N2O3. The Kier molecular flexibility index (Phi) is 6.99. The van der Waals surface area contributed by atoms with Crippen LogP contribution in [0.4, 0.5) is 5.69 Å². The van der Waals surface area contributed by atoms with Crippen molar-refractivity contribution in [2.45, 2.75) is 25.9 Å². The van der Waals surface area contributed by atoms with E-state index in [0.717, 1.165) is 11.3 Å². The minimum Gasteiger partial charge on any atom is -0.496 e. The molecule has 0 aliphatic heterocycles. The zero-order chi connectivity index (χ0) is 21.5. The van der Waals surface area contributed by atoms with Gasteiger partial charge in [0.05, 0.1) is 18.8 Å². The van der Waals surface area contributed by atoms with E-state index in [2.05, 4.69) is 10.6 Å². The number of para-hydroxylation sites is 2. The molecule has 30 heavy (non-hydrogen) atoms. The van der Waals surface area contributed by atoms with Crippen LogP contribution in [0.5, 0.6) is 5.75 Å². The molecule has 2 atom stereocenters. The molecule has 0 fully saturated rings. The molecule has 0 radical (unpaired) electrons. The molecule has 3 aromatic rings. The molecule has 0 aliphatic carbocycles. The lowest BCUT2D eigenvalue weighted by atomic mass is 10.0. The summed E-state index contributed by atoms with van der Waals surface area (Å²) in [5.41, 5.74) is 2.51. The number of hydrogen-bond acceptors (Lipinski definition) is 4. The summed E-state index contributed by atoms with van der Waals surface area (Å²) in [5, 5.41) is 6.19. The van der Waals surface area contributed by atoms with Crippen LogP contribution in [0.2, 0.25) is 0 Å². The number of rotatable bonds is 8. The first-order valence-electron chi connectivity index (χ1n) is 9.90. The zero-order valence-corrected chi connectivity index (χ0v) is 17.4. The van der Waals surface area contributed by atoms with E-state index >= 15 is 0 Å². The molecule has 0 heterocycles. The van der Waals surface area contributed by atoms with E-state index in [9.17, 15) is 9.59 Å². The summed E-state index contributed by atoms with van der Waals surface area (Å²) in [4.78, 5) is 25.7. The summed E-state index contributed by atoms with van der Waals surface area (Å²) in [5.74, 6) is 0.420.